The van der Waals surface area contributed by atoms with Gasteiger partial charge in [0, 0.05) is 5.69 Å². The van der Waals surface area contributed by atoms with E-state index in [1.165, 1.54) is 0 Å². The lowest BCUT2D eigenvalue weighted by molar-refractivity contribution is 0.102. The Balaban J connectivity index is 1.90. The Morgan fingerprint density at radius 2 is 1.86 bits per heavy atom. The minimum atomic E-state index is -0.294. The molecule has 0 unspecified atom stereocenters. The van der Waals surface area contributed by atoms with Gasteiger partial charge >= 0.3 is 5.69 Å². The van der Waals surface area contributed by atoms with Crippen LogP contribution in [-0.2, 0) is 0 Å². The fraction of sp³-hybridized carbons (Fsp3) is 0.0667. The maximum atomic E-state index is 12.2. The number of hydrogen-bond acceptors (Lipinski definition) is 2. The van der Waals surface area contributed by atoms with Crippen LogP contribution in [0.5, 0.6) is 0 Å². The van der Waals surface area contributed by atoms with Crippen molar-refractivity contribution in [3.63, 3.8) is 0 Å². The molecule has 0 saturated heterocycles. The first kappa shape index (κ1) is 13.5. The van der Waals surface area contributed by atoms with Crippen LogP contribution in [0.2, 0.25) is 5.02 Å². The highest BCUT2D eigenvalue weighted by Crippen LogP contribution is 2.20. The number of aromatic nitrogens is 2. The predicted molar refractivity (Wildman–Crippen MR) is 83.1 cm³/mol. The molecule has 3 N–H and O–H groups in total. The van der Waals surface area contributed by atoms with E-state index in [0.29, 0.717) is 27.3 Å². The van der Waals surface area contributed by atoms with Crippen molar-refractivity contribution in [2.75, 3.05) is 5.32 Å². The average Bonchev–Trinajstić information content (AvgIpc) is 2.77. The zero-order valence-corrected chi connectivity index (χ0v) is 11.9. The summed E-state index contributed by atoms with van der Waals surface area (Å²) in [7, 11) is 0. The maximum Gasteiger partial charge on any atom is 0.323 e. The number of benzene rings is 2. The van der Waals surface area contributed by atoms with Crippen molar-refractivity contribution in [1.82, 2.24) is 9.97 Å². The highest BCUT2D eigenvalue weighted by molar-refractivity contribution is 6.34. The van der Waals surface area contributed by atoms with Crippen LogP contribution in [0.3, 0.4) is 0 Å². The minimum Gasteiger partial charge on any atom is -0.322 e. The van der Waals surface area contributed by atoms with Crippen molar-refractivity contribution < 1.29 is 4.79 Å². The van der Waals surface area contributed by atoms with Gasteiger partial charge in [-0.05, 0) is 42.8 Å². The number of carbonyl (C=O) groups is 1. The Bertz CT molecular complexity index is 895. The van der Waals surface area contributed by atoms with E-state index in [4.69, 9.17) is 11.6 Å². The number of hydrogen-bond donors (Lipinski definition) is 3. The van der Waals surface area contributed by atoms with Crippen molar-refractivity contribution >= 4 is 34.2 Å². The second-order valence-corrected chi connectivity index (χ2v) is 5.18. The average molecular weight is 302 g/mol. The quantitative estimate of drug-likeness (QED) is 0.680. The summed E-state index contributed by atoms with van der Waals surface area (Å²) in [5.41, 5.74) is 3.02. The lowest BCUT2D eigenvalue weighted by Gasteiger charge is -2.07. The monoisotopic (exact) mass is 301 g/mol. The van der Waals surface area contributed by atoms with E-state index in [1.54, 1.807) is 30.3 Å². The predicted octanol–water partition coefficient (Wildman–Crippen LogP) is 3.07. The summed E-state index contributed by atoms with van der Waals surface area (Å²) in [6.45, 7) is 1.91. The van der Waals surface area contributed by atoms with Gasteiger partial charge in [-0.1, -0.05) is 17.7 Å². The van der Waals surface area contributed by atoms with Crippen LogP contribution in [-0.4, -0.2) is 15.9 Å². The molecule has 0 bridgehead atoms. The number of fused-ring (bicyclic) bond motifs is 1. The molecule has 3 aromatic rings. The molecular weight excluding hydrogens is 290 g/mol. The maximum absolute atomic E-state index is 12.2. The molecule has 6 heteroatoms. The Labute approximate surface area is 125 Å². The normalized spacial score (nSPS) is 10.8. The summed E-state index contributed by atoms with van der Waals surface area (Å²) in [6, 6.07) is 10.4. The van der Waals surface area contributed by atoms with Gasteiger partial charge in [0.1, 0.15) is 0 Å². The van der Waals surface area contributed by atoms with Crippen molar-refractivity contribution in [2.45, 2.75) is 6.92 Å². The van der Waals surface area contributed by atoms with Crippen LogP contribution in [0, 0.1) is 6.92 Å². The van der Waals surface area contributed by atoms with E-state index in [2.05, 4.69) is 15.3 Å². The number of aromatic amines is 2. The third-order valence-electron chi connectivity index (χ3n) is 3.14. The molecule has 1 aromatic heterocycles. The molecule has 0 aliphatic rings. The van der Waals surface area contributed by atoms with Gasteiger partial charge in [0.05, 0.1) is 21.6 Å². The van der Waals surface area contributed by atoms with Gasteiger partial charge in [-0.3, -0.25) is 4.79 Å². The largest absolute Gasteiger partial charge is 0.323 e. The van der Waals surface area contributed by atoms with E-state index in [-0.39, 0.29) is 11.6 Å². The Morgan fingerprint density at radius 1 is 1.10 bits per heavy atom. The number of anilines is 1. The van der Waals surface area contributed by atoms with E-state index in [0.717, 1.165) is 5.56 Å². The Kier molecular flexibility index (Phi) is 3.27. The van der Waals surface area contributed by atoms with Crippen LogP contribution in [0.4, 0.5) is 5.69 Å². The van der Waals surface area contributed by atoms with E-state index in [1.807, 2.05) is 13.0 Å². The SMILES string of the molecule is Cc1ccc(C(=O)Nc2ccc3[nH]c(=O)[nH]c3c2)c(Cl)c1. The minimum absolute atomic E-state index is 0.282. The molecule has 0 fully saturated rings. The number of nitrogens with one attached hydrogen (secondary N) is 3. The van der Waals surface area contributed by atoms with E-state index < -0.39 is 0 Å². The van der Waals surface area contributed by atoms with Gasteiger partial charge in [0.25, 0.3) is 5.91 Å². The third-order valence-corrected chi connectivity index (χ3v) is 3.46. The number of carbonyl (C=O) groups excluding carboxylic acids is 1. The molecule has 106 valence electrons. The summed E-state index contributed by atoms with van der Waals surface area (Å²) in [6.07, 6.45) is 0. The molecule has 0 spiro atoms. The van der Waals surface area contributed by atoms with Crippen molar-refractivity contribution in [1.29, 1.82) is 0 Å². The third kappa shape index (κ3) is 2.68. The van der Waals surface area contributed by atoms with Crippen LogP contribution in [0.1, 0.15) is 15.9 Å². The summed E-state index contributed by atoms with van der Waals surface area (Å²) >= 11 is 6.08. The lowest BCUT2D eigenvalue weighted by atomic mass is 10.1. The van der Waals surface area contributed by atoms with Gasteiger partial charge in [-0.15, -0.1) is 0 Å². The number of H-pyrrole nitrogens is 2. The summed E-state index contributed by atoms with van der Waals surface area (Å²) in [4.78, 5) is 28.7. The van der Waals surface area contributed by atoms with Gasteiger partial charge in [0.15, 0.2) is 0 Å². The van der Waals surface area contributed by atoms with E-state index in [9.17, 15) is 9.59 Å². The smallest absolute Gasteiger partial charge is 0.322 e. The molecular formula is C15H12ClN3O2. The van der Waals surface area contributed by atoms with Gasteiger partial charge in [-0.25, -0.2) is 4.79 Å². The standard InChI is InChI=1S/C15H12ClN3O2/c1-8-2-4-10(11(16)6-8)14(20)17-9-3-5-12-13(7-9)19-15(21)18-12/h2-7H,1H3,(H,17,20)(H2,18,19,21). The van der Waals surface area contributed by atoms with E-state index >= 15 is 0 Å². The van der Waals surface area contributed by atoms with Gasteiger partial charge in [-0.2, -0.15) is 0 Å². The fourth-order valence-corrected chi connectivity index (χ4v) is 2.43. The lowest BCUT2D eigenvalue weighted by Crippen LogP contribution is -2.12. The molecule has 3 rings (SSSR count). The topological polar surface area (TPSA) is 77.8 Å². The molecule has 0 aliphatic carbocycles. The number of halogens is 1. The summed E-state index contributed by atoms with van der Waals surface area (Å²) in [5, 5.41) is 3.17. The molecule has 1 heterocycles. The Morgan fingerprint density at radius 3 is 2.62 bits per heavy atom. The van der Waals surface area contributed by atoms with Crippen molar-refractivity contribution in [3.05, 3.63) is 63.0 Å². The second kappa shape index (κ2) is 5.10. The number of imidazole rings is 1. The molecule has 0 radical (unpaired) electrons. The van der Waals surface area contributed by atoms with Gasteiger partial charge in [0.2, 0.25) is 0 Å². The molecule has 0 atom stereocenters. The molecule has 5 nitrogen and oxygen atoms in total. The first-order chi connectivity index (χ1) is 10.0. The van der Waals surface area contributed by atoms with Gasteiger partial charge < -0.3 is 15.3 Å². The molecule has 0 saturated carbocycles. The summed E-state index contributed by atoms with van der Waals surface area (Å²) < 4.78 is 0. The highest BCUT2D eigenvalue weighted by Gasteiger charge is 2.11. The highest BCUT2D eigenvalue weighted by atomic mass is 35.5. The van der Waals surface area contributed by atoms with Crippen molar-refractivity contribution in [2.24, 2.45) is 0 Å². The molecule has 2 aromatic carbocycles. The number of amides is 1. The first-order valence-corrected chi connectivity index (χ1v) is 6.70. The van der Waals surface area contributed by atoms with Crippen LogP contribution in [0.25, 0.3) is 11.0 Å². The molecule has 21 heavy (non-hydrogen) atoms. The van der Waals surface area contributed by atoms with Crippen LogP contribution in [0.15, 0.2) is 41.2 Å². The molecule has 0 aliphatic heterocycles. The first-order valence-electron chi connectivity index (χ1n) is 6.32. The number of aryl methyl sites for hydroxylation is 1. The zero-order chi connectivity index (χ0) is 15.0. The van der Waals surface area contributed by atoms with Crippen LogP contribution >= 0.6 is 11.6 Å². The van der Waals surface area contributed by atoms with Crippen molar-refractivity contribution in [3.8, 4) is 0 Å². The second-order valence-electron chi connectivity index (χ2n) is 4.78. The Hall–Kier alpha value is -2.53. The fourth-order valence-electron chi connectivity index (χ4n) is 2.11. The number of rotatable bonds is 2. The molecule has 1 amide bonds. The zero-order valence-electron chi connectivity index (χ0n) is 11.2. The van der Waals surface area contributed by atoms with Crippen LogP contribution < -0.4 is 11.0 Å². The summed E-state index contributed by atoms with van der Waals surface area (Å²) in [5.74, 6) is -0.294.